The van der Waals surface area contributed by atoms with E-state index in [-0.39, 0.29) is 0 Å². The number of tetrazole rings is 1. The standard InChI is InChI=1S/C14H12ClN5O/c1-21-13-5-3-2-4-12(13)20-14(17-18-19-20)16-11-8-6-10(15)7-9-11/h2-9H,1H3,(H,16,17,19). The highest BCUT2D eigenvalue weighted by atomic mass is 35.5. The van der Waals surface area contributed by atoms with Gasteiger partial charge in [0.1, 0.15) is 11.4 Å². The first kappa shape index (κ1) is 13.4. The van der Waals surface area contributed by atoms with Crippen LogP contribution < -0.4 is 10.1 Å². The van der Waals surface area contributed by atoms with Crippen LogP contribution in [-0.4, -0.2) is 27.3 Å². The summed E-state index contributed by atoms with van der Waals surface area (Å²) in [5.41, 5.74) is 1.59. The largest absolute Gasteiger partial charge is 0.494 e. The molecule has 7 heteroatoms. The molecule has 21 heavy (non-hydrogen) atoms. The van der Waals surface area contributed by atoms with Crippen molar-refractivity contribution in [1.82, 2.24) is 20.2 Å². The lowest BCUT2D eigenvalue weighted by molar-refractivity contribution is 0.411. The number of hydrogen-bond acceptors (Lipinski definition) is 5. The number of aromatic nitrogens is 4. The molecule has 0 atom stereocenters. The lowest BCUT2D eigenvalue weighted by Gasteiger charge is -2.10. The van der Waals surface area contributed by atoms with Gasteiger partial charge in [-0.3, -0.25) is 0 Å². The Morgan fingerprint density at radius 2 is 1.86 bits per heavy atom. The SMILES string of the molecule is COc1ccccc1-n1nnnc1Nc1ccc(Cl)cc1. The summed E-state index contributed by atoms with van der Waals surface area (Å²) in [7, 11) is 1.61. The van der Waals surface area contributed by atoms with Crippen LogP contribution in [0.15, 0.2) is 48.5 Å². The van der Waals surface area contributed by atoms with Gasteiger partial charge in [0, 0.05) is 10.7 Å². The summed E-state index contributed by atoms with van der Waals surface area (Å²) >= 11 is 5.87. The third-order valence-electron chi connectivity index (χ3n) is 2.88. The number of methoxy groups -OCH3 is 1. The minimum absolute atomic E-state index is 0.488. The summed E-state index contributed by atoms with van der Waals surface area (Å²) in [5, 5.41) is 15.5. The molecule has 0 unspecified atom stereocenters. The Bertz CT molecular complexity index is 741. The van der Waals surface area contributed by atoms with Crippen LogP contribution in [0.3, 0.4) is 0 Å². The van der Waals surface area contributed by atoms with Crippen molar-refractivity contribution in [3.8, 4) is 11.4 Å². The quantitative estimate of drug-likeness (QED) is 0.802. The maximum absolute atomic E-state index is 5.87. The van der Waals surface area contributed by atoms with Gasteiger partial charge in [0.2, 0.25) is 0 Å². The van der Waals surface area contributed by atoms with Crippen molar-refractivity contribution in [3.63, 3.8) is 0 Å². The number of benzene rings is 2. The van der Waals surface area contributed by atoms with E-state index in [0.29, 0.717) is 16.7 Å². The van der Waals surface area contributed by atoms with Crippen LogP contribution >= 0.6 is 11.6 Å². The van der Waals surface area contributed by atoms with Crippen LogP contribution in [-0.2, 0) is 0 Å². The highest BCUT2D eigenvalue weighted by Crippen LogP contribution is 2.25. The summed E-state index contributed by atoms with van der Waals surface area (Å²) in [4.78, 5) is 0. The molecule has 0 amide bonds. The first-order valence-corrected chi connectivity index (χ1v) is 6.60. The molecule has 2 aromatic carbocycles. The number of nitrogens with zero attached hydrogens (tertiary/aromatic N) is 4. The van der Waals surface area contributed by atoms with Crippen molar-refractivity contribution in [2.45, 2.75) is 0 Å². The minimum atomic E-state index is 0.488. The summed E-state index contributed by atoms with van der Waals surface area (Å²) in [5.74, 6) is 1.17. The predicted molar refractivity (Wildman–Crippen MR) is 80.4 cm³/mol. The van der Waals surface area contributed by atoms with E-state index in [1.54, 1.807) is 23.9 Å². The smallest absolute Gasteiger partial charge is 0.252 e. The second-order valence-corrected chi connectivity index (χ2v) is 4.65. The maximum Gasteiger partial charge on any atom is 0.252 e. The van der Waals surface area contributed by atoms with E-state index < -0.39 is 0 Å². The Kier molecular flexibility index (Phi) is 3.70. The molecular formula is C14H12ClN5O. The molecule has 0 aliphatic rings. The minimum Gasteiger partial charge on any atom is -0.494 e. The lowest BCUT2D eigenvalue weighted by atomic mass is 10.3. The topological polar surface area (TPSA) is 64.9 Å². The zero-order valence-corrected chi connectivity index (χ0v) is 11.9. The van der Waals surface area contributed by atoms with E-state index in [0.717, 1.165) is 11.4 Å². The molecule has 1 heterocycles. The molecular weight excluding hydrogens is 290 g/mol. The fraction of sp³-hybridized carbons (Fsp3) is 0.0714. The van der Waals surface area contributed by atoms with Crippen LogP contribution in [0, 0.1) is 0 Å². The Morgan fingerprint density at radius 3 is 2.62 bits per heavy atom. The fourth-order valence-corrected chi connectivity index (χ4v) is 2.02. The van der Waals surface area contributed by atoms with Crippen LogP contribution in [0.4, 0.5) is 11.6 Å². The van der Waals surface area contributed by atoms with E-state index >= 15 is 0 Å². The molecule has 3 rings (SSSR count). The summed E-state index contributed by atoms with van der Waals surface area (Å²) < 4.78 is 6.91. The Hall–Kier alpha value is -2.60. The van der Waals surface area contributed by atoms with Gasteiger partial charge >= 0.3 is 0 Å². The van der Waals surface area contributed by atoms with Crippen molar-refractivity contribution >= 4 is 23.2 Å². The molecule has 3 aromatic rings. The van der Waals surface area contributed by atoms with Gasteiger partial charge in [-0.25, -0.2) is 0 Å². The zero-order valence-electron chi connectivity index (χ0n) is 11.2. The third-order valence-corrected chi connectivity index (χ3v) is 3.14. The van der Waals surface area contributed by atoms with Crippen molar-refractivity contribution in [3.05, 3.63) is 53.6 Å². The van der Waals surface area contributed by atoms with Gasteiger partial charge in [-0.1, -0.05) is 28.8 Å². The predicted octanol–water partition coefficient (Wildman–Crippen LogP) is 3.07. The molecule has 0 radical (unpaired) electrons. The Labute approximate surface area is 126 Å². The monoisotopic (exact) mass is 301 g/mol. The lowest BCUT2D eigenvalue weighted by Crippen LogP contribution is -2.05. The fourth-order valence-electron chi connectivity index (χ4n) is 1.89. The molecule has 0 saturated heterocycles. The molecule has 0 aliphatic heterocycles. The van der Waals surface area contributed by atoms with Crippen LogP contribution in [0.5, 0.6) is 5.75 Å². The van der Waals surface area contributed by atoms with Gasteiger partial charge in [-0.05, 0) is 46.8 Å². The third kappa shape index (κ3) is 2.80. The molecule has 0 fully saturated rings. The maximum atomic E-state index is 5.87. The summed E-state index contributed by atoms with van der Waals surface area (Å²) in [6.45, 7) is 0. The zero-order chi connectivity index (χ0) is 14.7. The second kappa shape index (κ2) is 5.80. The van der Waals surface area contributed by atoms with Gasteiger partial charge in [0.05, 0.1) is 7.11 Å². The normalized spacial score (nSPS) is 10.4. The van der Waals surface area contributed by atoms with E-state index in [2.05, 4.69) is 20.8 Å². The molecule has 0 aliphatic carbocycles. The van der Waals surface area contributed by atoms with Crippen LogP contribution in [0.1, 0.15) is 0 Å². The Morgan fingerprint density at radius 1 is 1.10 bits per heavy atom. The first-order valence-electron chi connectivity index (χ1n) is 6.22. The van der Waals surface area contributed by atoms with Crippen LogP contribution in [0.25, 0.3) is 5.69 Å². The number of anilines is 2. The number of halogens is 1. The molecule has 0 spiro atoms. The highest BCUT2D eigenvalue weighted by molar-refractivity contribution is 6.30. The second-order valence-electron chi connectivity index (χ2n) is 4.22. The van der Waals surface area contributed by atoms with Gasteiger partial charge in [0.15, 0.2) is 0 Å². The van der Waals surface area contributed by atoms with Crippen LogP contribution in [0.2, 0.25) is 5.02 Å². The average molecular weight is 302 g/mol. The van der Waals surface area contributed by atoms with Gasteiger partial charge < -0.3 is 10.1 Å². The molecule has 0 bridgehead atoms. The molecule has 1 N–H and O–H groups in total. The number of ether oxygens (including phenoxy) is 1. The van der Waals surface area contributed by atoms with E-state index in [1.165, 1.54) is 0 Å². The molecule has 1 aromatic heterocycles. The van der Waals surface area contributed by atoms with Crippen molar-refractivity contribution < 1.29 is 4.74 Å². The summed E-state index contributed by atoms with van der Waals surface area (Å²) in [6, 6.07) is 14.8. The number of hydrogen-bond donors (Lipinski definition) is 1. The van der Waals surface area contributed by atoms with Crippen molar-refractivity contribution in [2.24, 2.45) is 0 Å². The van der Waals surface area contributed by atoms with Crippen molar-refractivity contribution in [2.75, 3.05) is 12.4 Å². The number of nitrogens with one attached hydrogen (secondary N) is 1. The van der Waals surface area contributed by atoms with Gasteiger partial charge in [-0.2, -0.15) is 4.68 Å². The van der Waals surface area contributed by atoms with E-state index in [4.69, 9.17) is 16.3 Å². The van der Waals surface area contributed by atoms with E-state index in [1.807, 2.05) is 36.4 Å². The Balaban J connectivity index is 1.95. The number of rotatable bonds is 4. The molecule has 0 saturated carbocycles. The van der Waals surface area contributed by atoms with Gasteiger partial charge in [-0.15, -0.1) is 0 Å². The molecule has 106 valence electrons. The van der Waals surface area contributed by atoms with Crippen molar-refractivity contribution in [1.29, 1.82) is 0 Å². The van der Waals surface area contributed by atoms with Gasteiger partial charge in [0.25, 0.3) is 5.95 Å². The average Bonchev–Trinajstić information content (AvgIpc) is 2.97. The summed E-state index contributed by atoms with van der Waals surface area (Å²) in [6.07, 6.45) is 0. The van der Waals surface area contributed by atoms with E-state index in [9.17, 15) is 0 Å². The molecule has 6 nitrogen and oxygen atoms in total. The highest BCUT2D eigenvalue weighted by Gasteiger charge is 2.12. The number of para-hydroxylation sites is 2. The first-order chi connectivity index (χ1) is 10.3.